The van der Waals surface area contributed by atoms with Crippen LogP contribution in [0, 0.1) is 0 Å². The standard InChI is InChI=1S/C10H21N.C7H6.ClH/c1-2-3-5-8-11-9-6-4-7-10-11;1-2-7-4-3-6(1)5-7;/h2-10H2,1H3;1-4H,5H2;1H. The van der Waals surface area contributed by atoms with Gasteiger partial charge in [-0.05, 0) is 56.5 Å². The van der Waals surface area contributed by atoms with E-state index in [9.17, 15) is 0 Å². The first-order valence-corrected chi connectivity index (χ1v) is 7.68. The summed E-state index contributed by atoms with van der Waals surface area (Å²) in [5.74, 6) is 0. The SMILES string of the molecule is C1=CC2=CC=C1C2.CCCCCN1CCCCC1.Cl. The van der Waals surface area contributed by atoms with E-state index in [1.807, 2.05) is 0 Å². The van der Waals surface area contributed by atoms with Crippen LogP contribution in [0.4, 0.5) is 0 Å². The summed E-state index contributed by atoms with van der Waals surface area (Å²) in [6.07, 6.45) is 18.4. The Balaban J connectivity index is 0.000000194. The third-order valence-electron chi connectivity index (χ3n) is 3.96. The molecule has 0 aromatic heterocycles. The molecule has 108 valence electrons. The number of allylic oxidation sites excluding steroid dienone is 6. The molecule has 19 heavy (non-hydrogen) atoms. The van der Waals surface area contributed by atoms with Gasteiger partial charge in [-0.2, -0.15) is 0 Å². The van der Waals surface area contributed by atoms with Crippen molar-refractivity contribution in [1.29, 1.82) is 0 Å². The molecule has 0 amide bonds. The average molecular weight is 282 g/mol. The Kier molecular flexibility index (Phi) is 8.16. The zero-order valence-electron chi connectivity index (χ0n) is 12.2. The van der Waals surface area contributed by atoms with Gasteiger partial charge in [0, 0.05) is 0 Å². The van der Waals surface area contributed by atoms with Crippen LogP contribution in [-0.4, -0.2) is 24.5 Å². The number of nitrogens with zero attached hydrogens (tertiary/aromatic N) is 1. The normalized spacial score (nSPS) is 20.3. The van der Waals surface area contributed by atoms with Gasteiger partial charge in [0.25, 0.3) is 0 Å². The maximum atomic E-state index is 2.62. The molecule has 3 aliphatic rings. The van der Waals surface area contributed by atoms with Crippen LogP contribution in [-0.2, 0) is 0 Å². The van der Waals surface area contributed by atoms with E-state index in [1.165, 1.54) is 75.7 Å². The highest BCUT2D eigenvalue weighted by atomic mass is 35.5. The second-order valence-electron chi connectivity index (χ2n) is 5.60. The fourth-order valence-electron chi connectivity index (χ4n) is 2.78. The predicted molar refractivity (Wildman–Crippen MR) is 87.0 cm³/mol. The lowest BCUT2D eigenvalue weighted by molar-refractivity contribution is 0.224. The molecule has 2 heteroatoms. The van der Waals surface area contributed by atoms with Gasteiger partial charge in [0.15, 0.2) is 0 Å². The van der Waals surface area contributed by atoms with Crippen LogP contribution in [0.1, 0.15) is 51.9 Å². The van der Waals surface area contributed by atoms with Crippen molar-refractivity contribution in [3.8, 4) is 0 Å². The number of piperidine rings is 1. The molecule has 1 nitrogen and oxygen atoms in total. The first-order chi connectivity index (χ1) is 8.88. The van der Waals surface area contributed by atoms with Crippen molar-refractivity contribution in [2.24, 2.45) is 0 Å². The third-order valence-corrected chi connectivity index (χ3v) is 3.96. The van der Waals surface area contributed by atoms with Crippen molar-refractivity contribution < 1.29 is 0 Å². The maximum absolute atomic E-state index is 2.62. The zero-order chi connectivity index (χ0) is 12.6. The molecular weight excluding hydrogens is 254 g/mol. The van der Waals surface area contributed by atoms with Crippen molar-refractivity contribution in [2.75, 3.05) is 19.6 Å². The molecule has 1 saturated heterocycles. The Bertz CT molecular complexity index is 315. The van der Waals surface area contributed by atoms with Crippen LogP contribution in [0.15, 0.2) is 35.5 Å². The lowest BCUT2D eigenvalue weighted by Gasteiger charge is -2.26. The Morgan fingerprint density at radius 3 is 2.00 bits per heavy atom. The van der Waals surface area contributed by atoms with Crippen LogP contribution in [0.3, 0.4) is 0 Å². The predicted octanol–water partition coefficient (Wildman–Crippen LogP) is 4.90. The Hall–Kier alpha value is -0.530. The minimum absolute atomic E-state index is 0. The summed E-state index contributed by atoms with van der Waals surface area (Å²) in [4.78, 5) is 2.62. The van der Waals surface area contributed by atoms with E-state index in [0.717, 1.165) is 0 Å². The summed E-state index contributed by atoms with van der Waals surface area (Å²) >= 11 is 0. The molecule has 2 bridgehead atoms. The van der Waals surface area contributed by atoms with Gasteiger partial charge in [-0.1, -0.05) is 50.5 Å². The van der Waals surface area contributed by atoms with Crippen molar-refractivity contribution >= 4 is 12.4 Å². The minimum atomic E-state index is 0. The Morgan fingerprint density at radius 2 is 1.58 bits per heavy atom. The third kappa shape index (κ3) is 5.97. The molecule has 2 aliphatic carbocycles. The summed E-state index contributed by atoms with van der Waals surface area (Å²) in [5.41, 5.74) is 2.94. The van der Waals surface area contributed by atoms with Gasteiger partial charge in [0.2, 0.25) is 0 Å². The molecule has 0 radical (unpaired) electrons. The van der Waals surface area contributed by atoms with Gasteiger partial charge in [0.1, 0.15) is 0 Å². The first-order valence-electron chi connectivity index (χ1n) is 7.68. The zero-order valence-corrected chi connectivity index (χ0v) is 13.1. The van der Waals surface area contributed by atoms with Gasteiger partial charge in [-0.15, -0.1) is 12.4 Å². The van der Waals surface area contributed by atoms with Crippen molar-refractivity contribution in [3.63, 3.8) is 0 Å². The molecule has 0 aromatic carbocycles. The topological polar surface area (TPSA) is 3.24 Å². The van der Waals surface area contributed by atoms with Crippen LogP contribution >= 0.6 is 12.4 Å². The van der Waals surface area contributed by atoms with Gasteiger partial charge in [-0.25, -0.2) is 0 Å². The van der Waals surface area contributed by atoms with Crippen molar-refractivity contribution in [1.82, 2.24) is 4.90 Å². The average Bonchev–Trinajstić information content (AvgIpc) is 3.06. The molecule has 0 spiro atoms. The summed E-state index contributed by atoms with van der Waals surface area (Å²) in [6, 6.07) is 0. The van der Waals surface area contributed by atoms with E-state index in [0.29, 0.717) is 0 Å². The summed E-state index contributed by atoms with van der Waals surface area (Å²) in [5, 5.41) is 0. The lowest BCUT2D eigenvalue weighted by atomic mass is 10.1. The van der Waals surface area contributed by atoms with E-state index in [4.69, 9.17) is 0 Å². The van der Waals surface area contributed by atoms with E-state index < -0.39 is 0 Å². The highest BCUT2D eigenvalue weighted by Gasteiger charge is 2.08. The smallest absolute Gasteiger partial charge is 0.00187 e. The van der Waals surface area contributed by atoms with Gasteiger partial charge >= 0.3 is 0 Å². The molecule has 1 fully saturated rings. The highest BCUT2D eigenvalue weighted by molar-refractivity contribution is 5.85. The van der Waals surface area contributed by atoms with E-state index >= 15 is 0 Å². The van der Waals surface area contributed by atoms with Crippen LogP contribution < -0.4 is 0 Å². The van der Waals surface area contributed by atoms with Gasteiger partial charge in [0.05, 0.1) is 0 Å². The number of rotatable bonds is 4. The largest absolute Gasteiger partial charge is 0.303 e. The van der Waals surface area contributed by atoms with Gasteiger partial charge in [-0.3, -0.25) is 0 Å². The molecule has 0 N–H and O–H groups in total. The van der Waals surface area contributed by atoms with Gasteiger partial charge < -0.3 is 4.90 Å². The number of halogens is 1. The van der Waals surface area contributed by atoms with Crippen LogP contribution in [0.25, 0.3) is 0 Å². The fourth-order valence-corrected chi connectivity index (χ4v) is 2.78. The number of hydrogen-bond acceptors (Lipinski definition) is 1. The molecule has 1 heterocycles. The molecular formula is C17H28ClN. The molecule has 0 aromatic rings. The molecule has 0 atom stereocenters. The molecule has 1 aliphatic heterocycles. The number of likely N-dealkylation sites (tertiary alicyclic amines) is 1. The quantitative estimate of drug-likeness (QED) is 0.663. The fraction of sp³-hybridized carbons (Fsp3) is 0.647. The van der Waals surface area contributed by atoms with E-state index in [2.05, 4.69) is 36.1 Å². The van der Waals surface area contributed by atoms with Crippen LogP contribution in [0.2, 0.25) is 0 Å². The van der Waals surface area contributed by atoms with Crippen molar-refractivity contribution in [3.05, 3.63) is 35.5 Å². The number of hydrogen-bond donors (Lipinski definition) is 0. The Morgan fingerprint density at radius 1 is 0.947 bits per heavy atom. The second kappa shape index (κ2) is 9.39. The molecule has 0 unspecified atom stereocenters. The summed E-state index contributed by atoms with van der Waals surface area (Å²) in [6.45, 7) is 6.36. The minimum Gasteiger partial charge on any atom is -0.303 e. The monoisotopic (exact) mass is 281 g/mol. The molecule has 3 rings (SSSR count). The summed E-state index contributed by atoms with van der Waals surface area (Å²) < 4.78 is 0. The Labute approximate surface area is 124 Å². The number of unbranched alkanes of at least 4 members (excludes halogenated alkanes) is 2. The van der Waals surface area contributed by atoms with Crippen LogP contribution in [0.5, 0.6) is 0 Å². The number of fused-ring (bicyclic) bond motifs is 2. The van der Waals surface area contributed by atoms with Crippen molar-refractivity contribution in [2.45, 2.75) is 51.9 Å². The van der Waals surface area contributed by atoms with E-state index in [1.54, 1.807) is 0 Å². The first kappa shape index (κ1) is 16.5. The second-order valence-corrected chi connectivity index (χ2v) is 5.60. The summed E-state index contributed by atoms with van der Waals surface area (Å²) in [7, 11) is 0. The molecule has 0 saturated carbocycles. The highest BCUT2D eigenvalue weighted by Crippen LogP contribution is 2.27. The lowest BCUT2D eigenvalue weighted by Crippen LogP contribution is -2.30. The van der Waals surface area contributed by atoms with E-state index in [-0.39, 0.29) is 12.4 Å². The maximum Gasteiger partial charge on any atom is -0.00187 e.